The van der Waals surface area contributed by atoms with Gasteiger partial charge in [0.15, 0.2) is 5.69 Å². The zero-order chi connectivity index (χ0) is 12.0. The molecule has 0 unspecified atom stereocenters. The zero-order valence-corrected chi connectivity index (χ0v) is 11.1. The average Bonchev–Trinajstić information content (AvgIpc) is 2.27. The van der Waals surface area contributed by atoms with Crippen LogP contribution >= 0.6 is 0 Å². The molecule has 0 aliphatic heterocycles. The molecule has 1 aromatic heterocycles. The van der Waals surface area contributed by atoms with E-state index in [2.05, 4.69) is 58.4 Å². The number of hydrogen-bond donors (Lipinski definition) is 0. The first kappa shape index (κ1) is 11.1. The minimum absolute atomic E-state index is 1.30. The lowest BCUT2D eigenvalue weighted by molar-refractivity contribution is -0.651. The molecule has 0 aliphatic rings. The monoisotopic (exact) mass is 214 g/mol. The molecule has 0 saturated carbocycles. The maximum atomic E-state index is 2.30. The lowest BCUT2D eigenvalue weighted by atomic mass is 9.94. The van der Waals surface area contributed by atoms with Crippen molar-refractivity contribution in [2.75, 3.05) is 0 Å². The molecule has 0 spiro atoms. The molecule has 1 heteroatoms. The summed E-state index contributed by atoms with van der Waals surface area (Å²) in [5.74, 6) is 0. The van der Waals surface area contributed by atoms with E-state index < -0.39 is 0 Å². The van der Waals surface area contributed by atoms with Crippen LogP contribution in [0.5, 0.6) is 0 Å². The van der Waals surface area contributed by atoms with Gasteiger partial charge in [-0.25, -0.2) is 0 Å². The van der Waals surface area contributed by atoms with Gasteiger partial charge in [-0.05, 0) is 50.5 Å². The Bertz CT molecular complexity index is 580. The molecule has 2 rings (SSSR count). The molecule has 2 aromatic rings. The van der Waals surface area contributed by atoms with Crippen molar-refractivity contribution < 1.29 is 4.57 Å². The number of aromatic nitrogens is 1. The van der Waals surface area contributed by atoms with E-state index in [4.69, 9.17) is 0 Å². The highest BCUT2D eigenvalue weighted by atomic mass is 14.9. The van der Waals surface area contributed by atoms with E-state index in [1.807, 2.05) is 0 Å². The number of nitrogens with zero attached hydrogens (tertiary/aromatic N) is 1. The summed E-state index contributed by atoms with van der Waals surface area (Å²) >= 11 is 0. The van der Waals surface area contributed by atoms with E-state index in [1.165, 1.54) is 38.9 Å². The minimum Gasteiger partial charge on any atom is -0.198 e. The van der Waals surface area contributed by atoms with Gasteiger partial charge in [-0.3, -0.25) is 0 Å². The third-order valence-electron chi connectivity index (χ3n) is 4.06. The molecule has 0 amide bonds. The summed E-state index contributed by atoms with van der Waals surface area (Å²) in [5.41, 5.74) is 8.34. The summed E-state index contributed by atoms with van der Waals surface area (Å²) in [5, 5.41) is 1.38. The van der Waals surface area contributed by atoms with Crippen molar-refractivity contribution in [3.8, 4) is 0 Å². The zero-order valence-electron chi connectivity index (χ0n) is 11.1. The number of pyridine rings is 1. The highest BCUT2D eigenvalue weighted by Gasteiger charge is 2.16. The molecule has 0 N–H and O–H groups in total. The van der Waals surface area contributed by atoms with Gasteiger partial charge in [0.2, 0.25) is 5.52 Å². The van der Waals surface area contributed by atoms with Crippen molar-refractivity contribution in [2.24, 2.45) is 7.05 Å². The second kappa shape index (κ2) is 3.58. The molecular formula is C15H20N+. The van der Waals surface area contributed by atoms with Crippen molar-refractivity contribution in [3.05, 3.63) is 40.1 Å². The van der Waals surface area contributed by atoms with Gasteiger partial charge in [-0.1, -0.05) is 0 Å². The lowest BCUT2D eigenvalue weighted by Crippen LogP contribution is -2.33. The van der Waals surface area contributed by atoms with Crippen LogP contribution in [-0.4, -0.2) is 0 Å². The largest absolute Gasteiger partial charge is 0.215 e. The van der Waals surface area contributed by atoms with Crippen LogP contribution in [0.2, 0.25) is 0 Å². The Labute approximate surface area is 97.7 Å². The van der Waals surface area contributed by atoms with Crippen LogP contribution < -0.4 is 4.57 Å². The molecule has 1 heterocycles. The van der Waals surface area contributed by atoms with Gasteiger partial charge in [0, 0.05) is 23.9 Å². The van der Waals surface area contributed by atoms with E-state index in [0.717, 1.165) is 0 Å². The summed E-state index contributed by atoms with van der Waals surface area (Å²) < 4.78 is 2.30. The maximum Gasteiger partial charge on any atom is 0.215 e. The van der Waals surface area contributed by atoms with E-state index in [9.17, 15) is 0 Å². The molecule has 16 heavy (non-hydrogen) atoms. The van der Waals surface area contributed by atoms with Crippen LogP contribution in [0.3, 0.4) is 0 Å². The van der Waals surface area contributed by atoms with Gasteiger partial charge in [-0.15, -0.1) is 0 Å². The van der Waals surface area contributed by atoms with Gasteiger partial charge >= 0.3 is 0 Å². The van der Waals surface area contributed by atoms with Crippen LogP contribution in [0.4, 0.5) is 0 Å². The molecule has 0 bridgehead atoms. The molecule has 84 valence electrons. The number of benzene rings is 1. The fourth-order valence-corrected chi connectivity index (χ4v) is 2.45. The first-order valence-corrected chi connectivity index (χ1v) is 5.81. The Morgan fingerprint density at radius 1 is 0.750 bits per heavy atom. The first-order chi connectivity index (χ1) is 7.45. The van der Waals surface area contributed by atoms with Gasteiger partial charge in [0.05, 0.1) is 0 Å². The molecule has 0 radical (unpaired) electrons. The van der Waals surface area contributed by atoms with Crippen LogP contribution in [0, 0.1) is 34.6 Å². The van der Waals surface area contributed by atoms with Crippen molar-refractivity contribution in [2.45, 2.75) is 34.6 Å². The van der Waals surface area contributed by atoms with Crippen molar-refractivity contribution in [3.63, 3.8) is 0 Å². The maximum absolute atomic E-state index is 2.30. The van der Waals surface area contributed by atoms with E-state index in [-0.39, 0.29) is 0 Å². The topological polar surface area (TPSA) is 3.88 Å². The first-order valence-electron chi connectivity index (χ1n) is 5.81. The molecule has 0 aliphatic carbocycles. The average molecular weight is 214 g/mol. The molecule has 1 nitrogen and oxygen atoms in total. The SMILES string of the molecule is Cc1c(C)c(C)c2c(ccc(C)[n+]2C)c1C. The smallest absolute Gasteiger partial charge is 0.198 e. The van der Waals surface area contributed by atoms with Crippen LogP contribution in [0.25, 0.3) is 10.9 Å². The van der Waals surface area contributed by atoms with Crippen LogP contribution in [0.15, 0.2) is 12.1 Å². The van der Waals surface area contributed by atoms with Gasteiger partial charge in [0.25, 0.3) is 0 Å². The van der Waals surface area contributed by atoms with Crippen LogP contribution in [0.1, 0.15) is 27.9 Å². The third-order valence-corrected chi connectivity index (χ3v) is 4.06. The highest BCUT2D eigenvalue weighted by molar-refractivity contribution is 5.85. The number of aryl methyl sites for hydroxylation is 4. The van der Waals surface area contributed by atoms with E-state index in [1.54, 1.807) is 0 Å². The predicted octanol–water partition coefficient (Wildman–Crippen LogP) is 3.21. The van der Waals surface area contributed by atoms with Crippen molar-refractivity contribution in [1.82, 2.24) is 0 Å². The lowest BCUT2D eigenvalue weighted by Gasteiger charge is -2.12. The Balaban J connectivity index is 3.09. The number of fused-ring (bicyclic) bond motifs is 1. The van der Waals surface area contributed by atoms with Crippen LogP contribution in [-0.2, 0) is 7.05 Å². The molecular weight excluding hydrogens is 194 g/mol. The summed E-state index contributed by atoms with van der Waals surface area (Å²) in [7, 11) is 2.15. The summed E-state index contributed by atoms with van der Waals surface area (Å²) in [4.78, 5) is 0. The normalized spacial score (nSPS) is 11.1. The molecule has 0 fully saturated rings. The number of rotatable bonds is 0. The quantitative estimate of drug-likeness (QED) is 0.593. The Kier molecular flexibility index (Phi) is 2.49. The van der Waals surface area contributed by atoms with Gasteiger partial charge in [0.1, 0.15) is 7.05 Å². The fraction of sp³-hybridized carbons (Fsp3) is 0.400. The standard InChI is InChI=1S/C15H20N/c1-9-7-8-14-12(4)10(2)11(3)13(5)15(14)16(9)6/h7-8H,1-6H3/q+1. The van der Waals surface area contributed by atoms with E-state index in [0.29, 0.717) is 0 Å². The Hall–Kier alpha value is -1.37. The number of hydrogen-bond acceptors (Lipinski definition) is 0. The van der Waals surface area contributed by atoms with E-state index >= 15 is 0 Å². The Morgan fingerprint density at radius 2 is 1.31 bits per heavy atom. The summed E-state index contributed by atoms with van der Waals surface area (Å²) in [6.45, 7) is 11.0. The summed E-state index contributed by atoms with van der Waals surface area (Å²) in [6.07, 6.45) is 0. The van der Waals surface area contributed by atoms with Gasteiger partial charge < -0.3 is 0 Å². The molecule has 1 aromatic carbocycles. The molecule has 0 saturated heterocycles. The molecule has 0 atom stereocenters. The van der Waals surface area contributed by atoms with Crippen molar-refractivity contribution >= 4 is 10.9 Å². The minimum atomic E-state index is 1.30. The predicted molar refractivity (Wildman–Crippen MR) is 68.8 cm³/mol. The fourth-order valence-electron chi connectivity index (χ4n) is 2.45. The highest BCUT2D eigenvalue weighted by Crippen LogP contribution is 2.26. The third kappa shape index (κ3) is 1.35. The second-order valence-electron chi connectivity index (χ2n) is 4.80. The van der Waals surface area contributed by atoms with Gasteiger partial charge in [-0.2, -0.15) is 4.57 Å². The second-order valence-corrected chi connectivity index (χ2v) is 4.80. The van der Waals surface area contributed by atoms with Crippen molar-refractivity contribution in [1.29, 1.82) is 0 Å². The Morgan fingerprint density at radius 3 is 1.94 bits per heavy atom. The summed E-state index contributed by atoms with van der Waals surface area (Å²) in [6, 6.07) is 4.45.